The molecule has 2 aliphatic rings. The van der Waals surface area contributed by atoms with Crippen LogP contribution < -0.4 is 10.6 Å². The number of rotatable bonds is 3. The highest BCUT2D eigenvalue weighted by Gasteiger charge is 2.40. The Morgan fingerprint density at radius 1 is 1.47 bits per heavy atom. The van der Waals surface area contributed by atoms with Crippen LogP contribution in [0.15, 0.2) is 12.4 Å². The molecule has 1 spiro atoms. The van der Waals surface area contributed by atoms with Crippen LogP contribution in [0.5, 0.6) is 0 Å². The highest BCUT2D eigenvalue weighted by Crippen LogP contribution is 2.35. The standard InChI is InChI=1S/C14H22N4O/c1-18-10-11(9-16-18)8-15-12-2-5-14(6-3-12)7-4-13(19)17-14/h9-10,12,15H,2-8H2,1H3,(H,17,19). The second-order valence-corrected chi connectivity index (χ2v) is 6.01. The number of carbonyl (C=O) groups is 1. The Balaban J connectivity index is 1.47. The Labute approximate surface area is 113 Å². The van der Waals surface area contributed by atoms with Gasteiger partial charge in [0.25, 0.3) is 0 Å². The summed E-state index contributed by atoms with van der Waals surface area (Å²) in [6.45, 7) is 0.887. The summed E-state index contributed by atoms with van der Waals surface area (Å²) in [5, 5.41) is 11.0. The summed E-state index contributed by atoms with van der Waals surface area (Å²) in [7, 11) is 1.94. The van der Waals surface area contributed by atoms with Crippen molar-refractivity contribution in [3.63, 3.8) is 0 Å². The molecule has 0 atom stereocenters. The van der Waals surface area contributed by atoms with E-state index in [2.05, 4.69) is 21.9 Å². The van der Waals surface area contributed by atoms with Crippen molar-refractivity contribution in [1.82, 2.24) is 20.4 Å². The number of carbonyl (C=O) groups excluding carboxylic acids is 1. The first-order valence-corrected chi connectivity index (χ1v) is 7.17. The molecule has 5 heteroatoms. The predicted molar refractivity (Wildman–Crippen MR) is 72.4 cm³/mol. The molecule has 0 aromatic carbocycles. The van der Waals surface area contributed by atoms with Crippen LogP contribution in [0.4, 0.5) is 0 Å². The lowest BCUT2D eigenvalue weighted by Crippen LogP contribution is -2.47. The van der Waals surface area contributed by atoms with Crippen LogP contribution in [0.3, 0.4) is 0 Å². The zero-order valence-corrected chi connectivity index (χ0v) is 11.5. The van der Waals surface area contributed by atoms with E-state index in [1.807, 2.05) is 17.9 Å². The largest absolute Gasteiger partial charge is 0.351 e. The van der Waals surface area contributed by atoms with Gasteiger partial charge in [-0.15, -0.1) is 0 Å². The third kappa shape index (κ3) is 2.81. The second-order valence-electron chi connectivity index (χ2n) is 6.01. The molecule has 1 aromatic heterocycles. The molecule has 0 unspecified atom stereocenters. The smallest absolute Gasteiger partial charge is 0.220 e. The van der Waals surface area contributed by atoms with E-state index in [1.165, 1.54) is 5.56 Å². The molecule has 2 fully saturated rings. The molecule has 2 heterocycles. The van der Waals surface area contributed by atoms with E-state index < -0.39 is 0 Å². The fourth-order valence-electron chi connectivity index (χ4n) is 3.35. The van der Waals surface area contributed by atoms with Crippen molar-refractivity contribution in [2.45, 2.75) is 56.7 Å². The summed E-state index contributed by atoms with van der Waals surface area (Å²) in [6, 6.07) is 0.573. The molecule has 1 aromatic rings. The highest BCUT2D eigenvalue weighted by molar-refractivity contribution is 5.79. The lowest BCUT2D eigenvalue weighted by atomic mass is 9.78. The predicted octanol–water partition coefficient (Wildman–Crippen LogP) is 1.10. The summed E-state index contributed by atoms with van der Waals surface area (Å²) in [5.41, 5.74) is 1.36. The first kappa shape index (κ1) is 12.7. The summed E-state index contributed by atoms with van der Waals surface area (Å²) >= 11 is 0. The third-order valence-electron chi connectivity index (χ3n) is 4.53. The van der Waals surface area contributed by atoms with Crippen LogP contribution in [0.1, 0.15) is 44.1 Å². The Morgan fingerprint density at radius 3 is 2.84 bits per heavy atom. The van der Waals surface area contributed by atoms with Gasteiger partial charge in [0.05, 0.1) is 6.20 Å². The maximum Gasteiger partial charge on any atom is 0.220 e. The van der Waals surface area contributed by atoms with Crippen LogP contribution in [0.2, 0.25) is 0 Å². The van der Waals surface area contributed by atoms with Gasteiger partial charge >= 0.3 is 0 Å². The number of nitrogens with one attached hydrogen (secondary N) is 2. The van der Waals surface area contributed by atoms with Crippen molar-refractivity contribution >= 4 is 5.91 Å². The van der Waals surface area contributed by atoms with Crippen molar-refractivity contribution in [1.29, 1.82) is 0 Å². The minimum absolute atomic E-state index is 0.129. The van der Waals surface area contributed by atoms with Gasteiger partial charge in [0.2, 0.25) is 5.91 Å². The molecule has 0 radical (unpaired) electrons. The first-order valence-electron chi connectivity index (χ1n) is 7.17. The van der Waals surface area contributed by atoms with Crippen LogP contribution in [-0.4, -0.2) is 27.3 Å². The minimum Gasteiger partial charge on any atom is -0.351 e. The summed E-state index contributed by atoms with van der Waals surface area (Å²) in [4.78, 5) is 11.4. The first-order chi connectivity index (χ1) is 9.15. The number of hydrogen-bond donors (Lipinski definition) is 2. The Bertz CT molecular complexity index is 460. The van der Waals surface area contributed by atoms with Gasteiger partial charge in [-0.2, -0.15) is 5.10 Å². The second kappa shape index (κ2) is 4.96. The SMILES string of the molecule is Cn1cc(CNC2CCC3(CCC(=O)N3)CC2)cn1. The van der Waals surface area contributed by atoms with E-state index in [4.69, 9.17) is 0 Å². The Kier molecular flexibility index (Phi) is 3.31. The number of aryl methyl sites for hydroxylation is 1. The minimum atomic E-state index is 0.129. The van der Waals surface area contributed by atoms with E-state index >= 15 is 0 Å². The molecule has 0 bridgehead atoms. The van der Waals surface area contributed by atoms with Gasteiger partial charge < -0.3 is 10.6 Å². The highest BCUT2D eigenvalue weighted by atomic mass is 16.2. The van der Waals surface area contributed by atoms with Gasteiger partial charge in [0, 0.05) is 43.4 Å². The monoisotopic (exact) mass is 262 g/mol. The number of hydrogen-bond acceptors (Lipinski definition) is 3. The fourth-order valence-corrected chi connectivity index (χ4v) is 3.35. The summed E-state index contributed by atoms with van der Waals surface area (Å²) < 4.78 is 1.83. The van der Waals surface area contributed by atoms with E-state index in [0.29, 0.717) is 12.5 Å². The van der Waals surface area contributed by atoms with Gasteiger partial charge in [-0.1, -0.05) is 0 Å². The van der Waals surface area contributed by atoms with Crippen molar-refractivity contribution in [2.24, 2.45) is 7.05 Å². The quantitative estimate of drug-likeness (QED) is 0.857. The van der Waals surface area contributed by atoms with Crippen molar-refractivity contribution < 1.29 is 4.79 Å². The zero-order chi connectivity index (χ0) is 13.3. The molecule has 1 aliphatic carbocycles. The van der Waals surface area contributed by atoms with Crippen LogP contribution in [0, 0.1) is 0 Å². The average molecular weight is 262 g/mol. The molecule has 2 N–H and O–H groups in total. The van der Waals surface area contributed by atoms with Gasteiger partial charge in [0.15, 0.2) is 0 Å². The molecule has 1 saturated carbocycles. The van der Waals surface area contributed by atoms with Crippen molar-refractivity contribution in [3.8, 4) is 0 Å². The number of aromatic nitrogens is 2. The molecule has 1 amide bonds. The molecule has 104 valence electrons. The summed E-state index contributed by atoms with van der Waals surface area (Å²) in [6.07, 6.45) is 10.2. The molecular formula is C14H22N4O. The van der Waals surface area contributed by atoms with Gasteiger partial charge in [-0.3, -0.25) is 9.48 Å². The van der Waals surface area contributed by atoms with E-state index in [1.54, 1.807) is 0 Å². The van der Waals surface area contributed by atoms with Crippen LogP contribution in [-0.2, 0) is 18.4 Å². The number of nitrogens with zero attached hydrogens (tertiary/aromatic N) is 2. The third-order valence-corrected chi connectivity index (χ3v) is 4.53. The van der Waals surface area contributed by atoms with E-state index in [9.17, 15) is 4.79 Å². The molecular weight excluding hydrogens is 240 g/mol. The van der Waals surface area contributed by atoms with E-state index in [-0.39, 0.29) is 11.4 Å². The van der Waals surface area contributed by atoms with Gasteiger partial charge in [-0.05, 0) is 32.1 Å². The summed E-state index contributed by atoms with van der Waals surface area (Å²) in [5.74, 6) is 0.238. The average Bonchev–Trinajstić information content (AvgIpc) is 2.96. The lowest BCUT2D eigenvalue weighted by molar-refractivity contribution is -0.120. The molecule has 3 rings (SSSR count). The normalized spacial score (nSPS) is 30.8. The van der Waals surface area contributed by atoms with Gasteiger partial charge in [-0.25, -0.2) is 0 Å². The molecule has 5 nitrogen and oxygen atoms in total. The van der Waals surface area contributed by atoms with Crippen molar-refractivity contribution in [3.05, 3.63) is 18.0 Å². The molecule has 19 heavy (non-hydrogen) atoms. The maximum absolute atomic E-state index is 11.4. The fraction of sp³-hybridized carbons (Fsp3) is 0.714. The topological polar surface area (TPSA) is 59.0 Å². The maximum atomic E-state index is 11.4. The molecule has 1 saturated heterocycles. The van der Waals surface area contributed by atoms with Crippen LogP contribution in [0.25, 0.3) is 0 Å². The van der Waals surface area contributed by atoms with Gasteiger partial charge in [0.1, 0.15) is 0 Å². The molecule has 1 aliphatic heterocycles. The van der Waals surface area contributed by atoms with Crippen LogP contribution >= 0.6 is 0 Å². The Morgan fingerprint density at radius 2 is 2.26 bits per heavy atom. The number of amides is 1. The lowest BCUT2D eigenvalue weighted by Gasteiger charge is -2.37. The van der Waals surface area contributed by atoms with E-state index in [0.717, 1.165) is 38.6 Å². The van der Waals surface area contributed by atoms with Crippen molar-refractivity contribution in [2.75, 3.05) is 0 Å². The Hall–Kier alpha value is -1.36. The zero-order valence-electron chi connectivity index (χ0n) is 11.5.